The highest BCUT2D eigenvalue weighted by Crippen LogP contribution is 2.39. The molecule has 3 nitrogen and oxygen atoms in total. The zero-order chi connectivity index (χ0) is 33.3. The van der Waals surface area contributed by atoms with Crippen LogP contribution in [-0.2, 0) is 0 Å². The SMILES string of the molecule is c1ccc(-c2ccc(N(c3ccc(-c4ccncc4)cc3)c3ccc(-c4ccc5c(c4)c4ccccc4n5-c4ccccc4)cc3)cc2)cc1. The lowest BCUT2D eigenvalue weighted by atomic mass is 10.0. The van der Waals surface area contributed by atoms with Gasteiger partial charge in [-0.15, -0.1) is 0 Å². The molecule has 0 spiro atoms. The maximum atomic E-state index is 4.19. The highest BCUT2D eigenvalue weighted by Gasteiger charge is 2.16. The van der Waals surface area contributed by atoms with Crippen LogP contribution in [0.5, 0.6) is 0 Å². The number of pyridine rings is 1. The summed E-state index contributed by atoms with van der Waals surface area (Å²) in [5.41, 5.74) is 14.0. The quantitative estimate of drug-likeness (QED) is 0.173. The van der Waals surface area contributed by atoms with E-state index in [9.17, 15) is 0 Å². The van der Waals surface area contributed by atoms with Crippen molar-refractivity contribution in [1.82, 2.24) is 9.55 Å². The van der Waals surface area contributed by atoms with Crippen molar-refractivity contribution in [2.45, 2.75) is 0 Å². The van der Waals surface area contributed by atoms with E-state index in [4.69, 9.17) is 0 Å². The fraction of sp³-hybridized carbons (Fsp3) is 0. The molecule has 50 heavy (non-hydrogen) atoms. The van der Waals surface area contributed by atoms with Gasteiger partial charge in [-0.25, -0.2) is 0 Å². The third-order valence-corrected chi connectivity index (χ3v) is 9.52. The van der Waals surface area contributed by atoms with Crippen molar-refractivity contribution in [3.63, 3.8) is 0 Å². The summed E-state index contributed by atoms with van der Waals surface area (Å²) in [4.78, 5) is 6.51. The summed E-state index contributed by atoms with van der Waals surface area (Å²) in [6, 6.07) is 67.3. The molecule has 0 aliphatic carbocycles. The molecule has 2 aromatic heterocycles. The average Bonchev–Trinajstić information content (AvgIpc) is 3.53. The minimum atomic E-state index is 1.10. The molecule has 9 rings (SSSR count). The molecule has 0 fully saturated rings. The van der Waals surface area contributed by atoms with Gasteiger partial charge in [-0.05, 0) is 112 Å². The van der Waals surface area contributed by atoms with Crippen molar-refractivity contribution in [3.8, 4) is 39.1 Å². The number of para-hydroxylation sites is 2. The van der Waals surface area contributed by atoms with Crippen LogP contribution in [0.25, 0.3) is 60.9 Å². The van der Waals surface area contributed by atoms with Crippen LogP contribution in [0, 0.1) is 0 Å². The smallest absolute Gasteiger partial charge is 0.0541 e. The zero-order valence-corrected chi connectivity index (χ0v) is 27.4. The number of nitrogens with zero attached hydrogens (tertiary/aromatic N) is 3. The maximum absolute atomic E-state index is 4.19. The number of hydrogen-bond acceptors (Lipinski definition) is 2. The van der Waals surface area contributed by atoms with Crippen LogP contribution < -0.4 is 4.90 Å². The molecule has 0 atom stereocenters. The number of fused-ring (bicyclic) bond motifs is 3. The van der Waals surface area contributed by atoms with Gasteiger partial charge in [-0.2, -0.15) is 0 Å². The summed E-state index contributed by atoms with van der Waals surface area (Å²) >= 11 is 0. The van der Waals surface area contributed by atoms with Gasteiger partial charge in [-0.3, -0.25) is 4.98 Å². The molecule has 0 saturated carbocycles. The summed E-state index contributed by atoms with van der Waals surface area (Å²) in [7, 11) is 0. The van der Waals surface area contributed by atoms with E-state index in [0.717, 1.165) is 28.2 Å². The van der Waals surface area contributed by atoms with Gasteiger partial charge < -0.3 is 9.47 Å². The fourth-order valence-electron chi connectivity index (χ4n) is 7.04. The largest absolute Gasteiger partial charge is 0.311 e. The first kappa shape index (κ1) is 29.4. The number of hydrogen-bond donors (Lipinski definition) is 0. The summed E-state index contributed by atoms with van der Waals surface area (Å²) < 4.78 is 2.36. The predicted octanol–water partition coefficient (Wildman–Crippen LogP) is 12.6. The molecule has 2 heterocycles. The molecule has 0 amide bonds. The molecule has 0 bridgehead atoms. The van der Waals surface area contributed by atoms with Crippen LogP contribution in [0.3, 0.4) is 0 Å². The van der Waals surface area contributed by atoms with Gasteiger partial charge in [0.05, 0.1) is 11.0 Å². The standard InChI is InChI=1S/C47H33N3/c1-3-9-34(10-4-1)35-15-22-41(23-16-35)49(42-24-17-36(18-25-42)38-29-31-48-32-30-38)43-26-19-37(20-27-43)39-21-28-47-45(33-39)44-13-7-8-14-46(44)50(47)40-11-5-2-6-12-40/h1-33H. The third kappa shape index (κ3) is 5.41. The third-order valence-electron chi connectivity index (χ3n) is 9.52. The van der Waals surface area contributed by atoms with Gasteiger partial charge in [0.15, 0.2) is 0 Å². The van der Waals surface area contributed by atoms with Crippen LogP contribution in [0.2, 0.25) is 0 Å². The minimum absolute atomic E-state index is 1.10. The van der Waals surface area contributed by atoms with Crippen LogP contribution in [-0.4, -0.2) is 9.55 Å². The fourth-order valence-corrected chi connectivity index (χ4v) is 7.04. The molecule has 0 aliphatic rings. The molecule has 0 radical (unpaired) electrons. The lowest BCUT2D eigenvalue weighted by molar-refractivity contribution is 1.18. The molecule has 7 aromatic carbocycles. The normalized spacial score (nSPS) is 11.2. The molecule has 0 aliphatic heterocycles. The van der Waals surface area contributed by atoms with Gasteiger partial charge >= 0.3 is 0 Å². The van der Waals surface area contributed by atoms with Gasteiger partial charge in [0.25, 0.3) is 0 Å². The maximum Gasteiger partial charge on any atom is 0.0541 e. The minimum Gasteiger partial charge on any atom is -0.311 e. The van der Waals surface area contributed by atoms with Crippen molar-refractivity contribution in [2.24, 2.45) is 0 Å². The van der Waals surface area contributed by atoms with Crippen LogP contribution in [0.15, 0.2) is 200 Å². The lowest BCUT2D eigenvalue weighted by Gasteiger charge is -2.26. The van der Waals surface area contributed by atoms with Crippen LogP contribution >= 0.6 is 0 Å². The van der Waals surface area contributed by atoms with Crippen LogP contribution in [0.4, 0.5) is 17.1 Å². The molecular formula is C47H33N3. The second-order valence-electron chi connectivity index (χ2n) is 12.5. The Morgan fingerprint density at radius 2 is 0.780 bits per heavy atom. The topological polar surface area (TPSA) is 21.1 Å². The Morgan fingerprint density at radius 1 is 0.340 bits per heavy atom. The Bertz CT molecular complexity index is 2450. The molecule has 9 aromatic rings. The van der Waals surface area contributed by atoms with Crippen molar-refractivity contribution in [2.75, 3.05) is 4.90 Å². The first-order chi connectivity index (χ1) is 24.8. The van der Waals surface area contributed by atoms with Crippen LogP contribution in [0.1, 0.15) is 0 Å². The lowest BCUT2D eigenvalue weighted by Crippen LogP contribution is -2.09. The number of anilines is 3. The van der Waals surface area contributed by atoms with Gasteiger partial charge in [0.1, 0.15) is 0 Å². The Kier molecular flexibility index (Phi) is 7.49. The summed E-state index contributed by atoms with van der Waals surface area (Å²) in [5, 5.41) is 2.51. The van der Waals surface area contributed by atoms with E-state index in [2.05, 4.69) is 190 Å². The highest BCUT2D eigenvalue weighted by atomic mass is 15.1. The first-order valence-electron chi connectivity index (χ1n) is 17.0. The Morgan fingerprint density at radius 3 is 1.38 bits per heavy atom. The van der Waals surface area contributed by atoms with E-state index < -0.39 is 0 Å². The van der Waals surface area contributed by atoms with Crippen molar-refractivity contribution >= 4 is 38.9 Å². The van der Waals surface area contributed by atoms with Gasteiger partial charge in [0.2, 0.25) is 0 Å². The van der Waals surface area contributed by atoms with E-state index in [1.165, 1.54) is 49.7 Å². The first-order valence-corrected chi connectivity index (χ1v) is 17.0. The number of aromatic nitrogens is 2. The highest BCUT2D eigenvalue weighted by molar-refractivity contribution is 6.10. The Hall–Kier alpha value is -6.71. The van der Waals surface area contributed by atoms with E-state index >= 15 is 0 Å². The van der Waals surface area contributed by atoms with E-state index in [1.54, 1.807) is 0 Å². The second kappa shape index (κ2) is 12.7. The summed E-state index contributed by atoms with van der Waals surface area (Å²) in [5.74, 6) is 0. The molecule has 3 heteroatoms. The zero-order valence-electron chi connectivity index (χ0n) is 27.4. The van der Waals surface area contributed by atoms with Gasteiger partial charge in [-0.1, -0.05) is 109 Å². The number of benzene rings is 7. The molecular weight excluding hydrogens is 607 g/mol. The average molecular weight is 640 g/mol. The van der Waals surface area contributed by atoms with Gasteiger partial charge in [0, 0.05) is 45.9 Å². The predicted molar refractivity (Wildman–Crippen MR) is 210 cm³/mol. The molecule has 236 valence electrons. The van der Waals surface area contributed by atoms with Crippen molar-refractivity contribution in [3.05, 3.63) is 200 Å². The summed E-state index contributed by atoms with van der Waals surface area (Å²) in [6.45, 7) is 0. The number of rotatable bonds is 7. The Labute approximate surface area is 292 Å². The summed E-state index contributed by atoms with van der Waals surface area (Å²) in [6.07, 6.45) is 3.68. The van der Waals surface area contributed by atoms with Crippen molar-refractivity contribution < 1.29 is 0 Å². The molecule has 0 unspecified atom stereocenters. The molecule has 0 N–H and O–H groups in total. The second-order valence-corrected chi connectivity index (χ2v) is 12.5. The van der Waals surface area contributed by atoms with E-state index in [1.807, 2.05) is 24.5 Å². The van der Waals surface area contributed by atoms with Crippen molar-refractivity contribution in [1.29, 1.82) is 0 Å². The Balaban J connectivity index is 1.10. The van der Waals surface area contributed by atoms with E-state index in [0.29, 0.717) is 0 Å². The monoisotopic (exact) mass is 639 g/mol. The molecule has 0 saturated heterocycles. The van der Waals surface area contributed by atoms with E-state index in [-0.39, 0.29) is 0 Å².